The SMILES string of the molecule is COC(=O)c1ccc(OC2CCCc3c(C(F)(F)F)nn(-c4cccc(SC(C)c5ccc6c(c5)OC(F)(F)O6)c4)c32)cc1. The molecule has 1 aliphatic heterocycles. The second kappa shape index (κ2) is 11.3. The van der Waals surface area contributed by atoms with Gasteiger partial charge in [0.15, 0.2) is 17.2 Å². The van der Waals surface area contributed by atoms with Gasteiger partial charge in [0.25, 0.3) is 0 Å². The number of rotatable bonds is 7. The van der Waals surface area contributed by atoms with Gasteiger partial charge in [0, 0.05) is 15.7 Å². The van der Waals surface area contributed by atoms with Crippen LogP contribution in [-0.4, -0.2) is 29.2 Å². The van der Waals surface area contributed by atoms with E-state index in [9.17, 15) is 26.7 Å². The van der Waals surface area contributed by atoms with Gasteiger partial charge in [-0.1, -0.05) is 12.1 Å². The fourth-order valence-corrected chi connectivity index (χ4v) is 6.35. The topological polar surface area (TPSA) is 71.8 Å². The van der Waals surface area contributed by atoms with Crippen LogP contribution in [0.3, 0.4) is 0 Å². The van der Waals surface area contributed by atoms with Crippen molar-refractivity contribution in [3.8, 4) is 22.9 Å². The lowest BCUT2D eigenvalue weighted by atomic mass is 9.93. The summed E-state index contributed by atoms with van der Waals surface area (Å²) in [6.07, 6.45) is -7.99. The molecule has 2 atom stereocenters. The second-order valence-corrected chi connectivity index (χ2v) is 11.7. The van der Waals surface area contributed by atoms with Crippen LogP contribution in [-0.2, 0) is 17.3 Å². The minimum absolute atomic E-state index is 0.0574. The fourth-order valence-electron chi connectivity index (χ4n) is 5.31. The number of hydrogen-bond donors (Lipinski definition) is 0. The highest BCUT2D eigenvalue weighted by molar-refractivity contribution is 7.99. The number of fused-ring (bicyclic) bond motifs is 2. The third-order valence-electron chi connectivity index (χ3n) is 7.31. The molecule has 0 saturated carbocycles. The first-order chi connectivity index (χ1) is 20.9. The van der Waals surface area contributed by atoms with Gasteiger partial charge in [0.1, 0.15) is 11.9 Å². The first-order valence-electron chi connectivity index (χ1n) is 13.6. The Bertz CT molecular complexity index is 1710. The van der Waals surface area contributed by atoms with E-state index in [4.69, 9.17) is 9.47 Å². The Labute approximate surface area is 252 Å². The molecule has 1 aliphatic carbocycles. The van der Waals surface area contributed by atoms with E-state index in [2.05, 4.69) is 14.6 Å². The summed E-state index contributed by atoms with van der Waals surface area (Å²) >= 11 is 1.39. The zero-order valence-electron chi connectivity index (χ0n) is 23.4. The van der Waals surface area contributed by atoms with Crippen LogP contribution in [0, 0.1) is 0 Å². The Balaban J connectivity index is 1.30. The lowest BCUT2D eigenvalue weighted by Gasteiger charge is -2.26. The van der Waals surface area contributed by atoms with Crippen LogP contribution >= 0.6 is 11.8 Å². The number of aromatic nitrogens is 2. The first kappa shape index (κ1) is 29.8. The van der Waals surface area contributed by atoms with Crippen LogP contribution in [0.25, 0.3) is 5.69 Å². The van der Waals surface area contributed by atoms with Gasteiger partial charge >= 0.3 is 18.4 Å². The molecular weight excluding hydrogens is 607 g/mol. The number of hydrogen-bond acceptors (Lipinski definition) is 7. The molecule has 230 valence electrons. The number of benzene rings is 3. The molecule has 6 rings (SSSR count). The fraction of sp³-hybridized carbons (Fsp3) is 0.290. The van der Waals surface area contributed by atoms with E-state index >= 15 is 0 Å². The molecule has 0 fully saturated rings. The van der Waals surface area contributed by atoms with E-state index in [0.717, 1.165) is 4.90 Å². The van der Waals surface area contributed by atoms with Gasteiger partial charge in [-0.3, -0.25) is 0 Å². The number of carbonyl (C=O) groups is 1. The number of esters is 1. The summed E-state index contributed by atoms with van der Waals surface area (Å²) in [4.78, 5) is 12.5. The summed E-state index contributed by atoms with van der Waals surface area (Å²) in [5.74, 6) is -0.256. The van der Waals surface area contributed by atoms with Gasteiger partial charge in [-0.05, 0) is 86.3 Å². The van der Waals surface area contributed by atoms with Crippen LogP contribution in [0.1, 0.15) is 64.0 Å². The third kappa shape index (κ3) is 5.92. The van der Waals surface area contributed by atoms with E-state index in [1.807, 2.05) is 13.0 Å². The Morgan fingerprint density at radius 2 is 1.82 bits per heavy atom. The van der Waals surface area contributed by atoms with Gasteiger partial charge in [-0.25, -0.2) is 9.48 Å². The van der Waals surface area contributed by atoms with Gasteiger partial charge in [0.2, 0.25) is 0 Å². The molecule has 13 heteroatoms. The van der Waals surface area contributed by atoms with Crippen LogP contribution in [0.2, 0.25) is 0 Å². The molecule has 7 nitrogen and oxygen atoms in total. The monoisotopic (exact) mass is 632 g/mol. The lowest BCUT2D eigenvalue weighted by Crippen LogP contribution is -2.25. The highest BCUT2D eigenvalue weighted by Gasteiger charge is 2.44. The van der Waals surface area contributed by atoms with Crippen molar-refractivity contribution in [3.05, 3.63) is 94.8 Å². The zero-order chi connectivity index (χ0) is 31.2. The van der Waals surface area contributed by atoms with E-state index < -0.39 is 30.2 Å². The quantitative estimate of drug-likeness (QED) is 0.115. The van der Waals surface area contributed by atoms with Crippen molar-refractivity contribution in [3.63, 3.8) is 0 Å². The van der Waals surface area contributed by atoms with E-state index in [1.54, 1.807) is 36.4 Å². The number of thioether (sulfide) groups is 1. The molecule has 0 spiro atoms. The molecule has 3 aromatic carbocycles. The number of halogens is 5. The van der Waals surface area contributed by atoms with E-state index in [0.29, 0.717) is 41.1 Å². The van der Waals surface area contributed by atoms with Crippen molar-refractivity contribution < 1.29 is 45.7 Å². The van der Waals surface area contributed by atoms with Crippen molar-refractivity contribution in [2.24, 2.45) is 0 Å². The summed E-state index contributed by atoms with van der Waals surface area (Å²) in [6, 6.07) is 17.7. The predicted octanol–water partition coefficient (Wildman–Crippen LogP) is 8.31. The molecule has 0 bridgehead atoms. The Morgan fingerprint density at radius 3 is 2.55 bits per heavy atom. The van der Waals surface area contributed by atoms with Crippen LogP contribution < -0.4 is 14.2 Å². The molecule has 44 heavy (non-hydrogen) atoms. The average Bonchev–Trinajstić information content (AvgIpc) is 3.54. The molecule has 0 amide bonds. The maximum Gasteiger partial charge on any atom is 0.586 e. The second-order valence-electron chi connectivity index (χ2n) is 10.3. The highest BCUT2D eigenvalue weighted by atomic mass is 32.2. The molecule has 0 N–H and O–H groups in total. The molecule has 4 aromatic rings. The minimum atomic E-state index is -4.67. The summed E-state index contributed by atoms with van der Waals surface area (Å²) in [7, 11) is 1.27. The van der Waals surface area contributed by atoms with E-state index in [1.165, 1.54) is 47.8 Å². The maximum absolute atomic E-state index is 14.2. The van der Waals surface area contributed by atoms with Crippen LogP contribution in [0.4, 0.5) is 22.0 Å². The largest absolute Gasteiger partial charge is 0.586 e. The molecule has 1 aromatic heterocycles. The molecular formula is C31H25F5N2O5S. The van der Waals surface area contributed by atoms with Gasteiger partial charge in [-0.2, -0.15) is 18.3 Å². The highest BCUT2D eigenvalue weighted by Crippen LogP contribution is 2.46. The van der Waals surface area contributed by atoms with Gasteiger partial charge < -0.3 is 18.9 Å². The minimum Gasteiger partial charge on any atom is -0.484 e. The maximum atomic E-state index is 14.2. The number of carbonyl (C=O) groups excluding carboxylic acids is 1. The molecule has 2 unspecified atom stereocenters. The number of methoxy groups -OCH3 is 1. The Morgan fingerprint density at radius 1 is 1.07 bits per heavy atom. The summed E-state index contributed by atoms with van der Waals surface area (Å²) in [5, 5.41) is 3.82. The van der Waals surface area contributed by atoms with Gasteiger partial charge in [-0.15, -0.1) is 20.5 Å². The third-order valence-corrected chi connectivity index (χ3v) is 8.47. The Kier molecular flexibility index (Phi) is 7.68. The van der Waals surface area contributed by atoms with Crippen molar-refractivity contribution in [1.82, 2.24) is 9.78 Å². The molecule has 0 radical (unpaired) electrons. The van der Waals surface area contributed by atoms with Gasteiger partial charge in [0.05, 0.1) is 24.1 Å². The lowest BCUT2D eigenvalue weighted by molar-refractivity contribution is -0.286. The number of ether oxygens (including phenoxy) is 4. The van der Waals surface area contributed by atoms with Crippen LogP contribution in [0.15, 0.2) is 71.6 Å². The van der Waals surface area contributed by atoms with E-state index in [-0.39, 0.29) is 28.7 Å². The number of alkyl halides is 5. The van der Waals surface area contributed by atoms with Crippen LogP contribution in [0.5, 0.6) is 17.2 Å². The predicted molar refractivity (Wildman–Crippen MR) is 150 cm³/mol. The standard InChI is InChI=1S/C31H25F5N2O5S/c1-17(19-11-14-24-26(15-19)43-31(35,36)42-24)44-22-6-3-5-20(16-22)38-27-23(28(37-38)30(32,33)34)7-4-8-25(27)41-21-12-9-18(10-13-21)29(39)40-2/h3,5-6,9-17,25H,4,7-8H2,1-2H3. The van der Waals surface area contributed by atoms with Crippen molar-refractivity contribution in [2.45, 2.75) is 54.9 Å². The van der Waals surface area contributed by atoms with Crippen molar-refractivity contribution >= 4 is 17.7 Å². The number of nitrogens with zero attached hydrogens (tertiary/aromatic N) is 2. The summed E-state index contributed by atoms with van der Waals surface area (Å²) in [6.45, 7) is 1.87. The van der Waals surface area contributed by atoms with Crippen molar-refractivity contribution in [1.29, 1.82) is 0 Å². The first-order valence-corrected chi connectivity index (χ1v) is 14.5. The normalized spacial score (nSPS) is 17.6. The smallest absolute Gasteiger partial charge is 0.484 e. The zero-order valence-corrected chi connectivity index (χ0v) is 24.2. The molecule has 2 heterocycles. The Hall–Kier alpha value is -4.26. The molecule has 0 saturated heterocycles. The summed E-state index contributed by atoms with van der Waals surface area (Å²) in [5.41, 5.74) is 0.871. The van der Waals surface area contributed by atoms with Crippen molar-refractivity contribution in [2.75, 3.05) is 7.11 Å². The average molecular weight is 633 g/mol. The summed E-state index contributed by atoms with van der Waals surface area (Å²) < 4.78 is 90.7. The molecule has 2 aliphatic rings.